The van der Waals surface area contributed by atoms with Gasteiger partial charge in [-0.3, -0.25) is 4.79 Å². The molecule has 0 bridgehead atoms. The van der Waals surface area contributed by atoms with Crippen molar-refractivity contribution in [1.82, 2.24) is 0 Å². The fourth-order valence-corrected chi connectivity index (χ4v) is 1.55. The molecule has 1 aromatic carbocycles. The highest BCUT2D eigenvalue weighted by molar-refractivity contribution is 5.91. The minimum absolute atomic E-state index is 0.0989. The molecule has 1 aliphatic carbocycles. The predicted octanol–water partition coefficient (Wildman–Crippen LogP) is 3.17. The molecule has 1 nitrogen and oxygen atoms in total. The van der Waals surface area contributed by atoms with Gasteiger partial charge in [-0.2, -0.15) is 0 Å². The Kier molecular flexibility index (Phi) is 2.49. The Balaban J connectivity index is 2.17. The number of ketones is 1. The van der Waals surface area contributed by atoms with Crippen LogP contribution in [0.1, 0.15) is 36.8 Å². The molecule has 1 saturated carbocycles. The molecule has 1 aliphatic rings. The Bertz CT molecular complexity index is 373. The lowest BCUT2D eigenvalue weighted by Gasteiger charge is -1.98. The quantitative estimate of drug-likeness (QED) is 0.663. The zero-order valence-electron chi connectivity index (χ0n) is 8.36. The summed E-state index contributed by atoms with van der Waals surface area (Å²) in [5.74, 6) is 0.877. The third kappa shape index (κ3) is 2.32. The smallest absolute Gasteiger partial charge is 0.152 e. The van der Waals surface area contributed by atoms with E-state index < -0.39 is 0 Å². The normalized spacial score (nSPS) is 16.1. The van der Waals surface area contributed by atoms with Gasteiger partial charge in [0.05, 0.1) is 0 Å². The van der Waals surface area contributed by atoms with Gasteiger partial charge in [0.15, 0.2) is 5.78 Å². The summed E-state index contributed by atoms with van der Waals surface area (Å²) < 4.78 is 0. The zero-order chi connectivity index (χ0) is 9.97. The van der Waals surface area contributed by atoms with Crippen molar-refractivity contribution in [2.45, 2.75) is 25.7 Å². The van der Waals surface area contributed by atoms with Crippen molar-refractivity contribution in [2.24, 2.45) is 0 Å². The Morgan fingerprint density at radius 2 is 2.21 bits per heavy atom. The van der Waals surface area contributed by atoms with Crippen LogP contribution in [0.2, 0.25) is 0 Å². The molecule has 14 heavy (non-hydrogen) atoms. The lowest BCUT2D eigenvalue weighted by Crippen LogP contribution is -1.82. The van der Waals surface area contributed by atoms with E-state index in [-0.39, 0.29) is 5.78 Å². The highest BCUT2D eigenvalue weighted by atomic mass is 16.1. The minimum Gasteiger partial charge on any atom is -0.295 e. The lowest BCUT2D eigenvalue weighted by atomic mass is 10.1. The Morgan fingerprint density at radius 1 is 1.43 bits per heavy atom. The highest BCUT2D eigenvalue weighted by Crippen LogP contribution is 2.40. The van der Waals surface area contributed by atoms with Crippen molar-refractivity contribution in [1.29, 1.82) is 0 Å². The van der Waals surface area contributed by atoms with E-state index >= 15 is 0 Å². The van der Waals surface area contributed by atoms with Crippen LogP contribution in [0.5, 0.6) is 0 Å². The summed E-state index contributed by atoms with van der Waals surface area (Å²) in [6, 6.07) is 8.44. The van der Waals surface area contributed by atoms with Gasteiger partial charge in [-0.05, 0) is 42.9 Å². The largest absolute Gasteiger partial charge is 0.295 e. The molecule has 0 N–H and O–H groups in total. The number of hydrogen-bond acceptors (Lipinski definition) is 1. The molecule has 0 heterocycles. The first-order valence-electron chi connectivity index (χ1n) is 5.04. The molecule has 0 aliphatic heterocycles. The highest BCUT2D eigenvalue weighted by Gasteiger charge is 2.22. The van der Waals surface area contributed by atoms with Gasteiger partial charge in [0.1, 0.15) is 0 Å². The topological polar surface area (TPSA) is 17.1 Å². The van der Waals surface area contributed by atoms with Crippen molar-refractivity contribution >= 4 is 11.9 Å². The molecule has 0 aromatic heterocycles. The molecule has 72 valence electrons. The van der Waals surface area contributed by atoms with Crippen LogP contribution in [0.25, 0.3) is 6.08 Å². The second kappa shape index (κ2) is 3.79. The van der Waals surface area contributed by atoms with Gasteiger partial charge < -0.3 is 0 Å². The van der Waals surface area contributed by atoms with Gasteiger partial charge in [-0.1, -0.05) is 30.3 Å². The van der Waals surface area contributed by atoms with E-state index in [9.17, 15) is 4.79 Å². The van der Waals surface area contributed by atoms with Gasteiger partial charge in [0.2, 0.25) is 0 Å². The van der Waals surface area contributed by atoms with Crippen LogP contribution in [-0.2, 0) is 4.79 Å². The van der Waals surface area contributed by atoms with E-state index in [1.165, 1.54) is 18.4 Å². The maximum absolute atomic E-state index is 10.8. The summed E-state index contributed by atoms with van der Waals surface area (Å²) in [7, 11) is 0. The molecule has 0 unspecified atom stereocenters. The molecular weight excluding hydrogens is 172 g/mol. The summed E-state index contributed by atoms with van der Waals surface area (Å²) >= 11 is 0. The number of rotatable bonds is 3. The van der Waals surface area contributed by atoms with Gasteiger partial charge >= 0.3 is 0 Å². The first-order valence-corrected chi connectivity index (χ1v) is 5.04. The van der Waals surface area contributed by atoms with E-state index in [2.05, 4.69) is 18.2 Å². The van der Waals surface area contributed by atoms with Crippen LogP contribution < -0.4 is 0 Å². The zero-order valence-corrected chi connectivity index (χ0v) is 8.36. The Hall–Kier alpha value is -1.37. The molecule has 0 saturated heterocycles. The predicted molar refractivity (Wildman–Crippen MR) is 58.1 cm³/mol. The molecule has 0 spiro atoms. The van der Waals surface area contributed by atoms with Crippen LogP contribution in [0, 0.1) is 0 Å². The van der Waals surface area contributed by atoms with Gasteiger partial charge in [0, 0.05) is 0 Å². The number of carbonyl (C=O) groups is 1. The summed E-state index contributed by atoms with van der Waals surface area (Å²) in [5, 5.41) is 0. The van der Waals surface area contributed by atoms with Crippen molar-refractivity contribution in [2.75, 3.05) is 0 Å². The first kappa shape index (κ1) is 9.20. The number of benzene rings is 1. The second-order valence-electron chi connectivity index (χ2n) is 3.89. The first-order chi connectivity index (χ1) is 6.75. The average molecular weight is 186 g/mol. The van der Waals surface area contributed by atoms with Crippen LogP contribution in [0.15, 0.2) is 30.3 Å². The van der Waals surface area contributed by atoms with Crippen LogP contribution >= 0.6 is 0 Å². The fraction of sp³-hybridized carbons (Fsp3) is 0.308. The fourth-order valence-electron chi connectivity index (χ4n) is 1.55. The third-order valence-corrected chi connectivity index (χ3v) is 2.47. The standard InChI is InChI=1S/C13H14O/c1-10(14)5-6-11-3-2-4-13(9-11)12-7-8-12/h2-6,9,12H,7-8H2,1H3/b6-5+. The number of carbonyl (C=O) groups excluding carboxylic acids is 1. The van der Waals surface area contributed by atoms with Crippen molar-refractivity contribution in [3.8, 4) is 0 Å². The maximum Gasteiger partial charge on any atom is 0.152 e. The minimum atomic E-state index is 0.0989. The van der Waals surface area contributed by atoms with E-state index in [0.717, 1.165) is 11.5 Å². The molecule has 2 rings (SSSR count). The number of hydrogen-bond donors (Lipinski definition) is 0. The average Bonchev–Trinajstić information content (AvgIpc) is 2.98. The molecule has 1 heteroatoms. The van der Waals surface area contributed by atoms with Gasteiger partial charge in [0.25, 0.3) is 0 Å². The SMILES string of the molecule is CC(=O)/C=C/c1cccc(C2CC2)c1. The lowest BCUT2D eigenvalue weighted by molar-refractivity contribution is -0.112. The van der Waals surface area contributed by atoms with Crippen molar-refractivity contribution in [3.63, 3.8) is 0 Å². The Morgan fingerprint density at radius 3 is 2.86 bits per heavy atom. The van der Waals surface area contributed by atoms with Crippen molar-refractivity contribution < 1.29 is 4.79 Å². The van der Waals surface area contributed by atoms with Crippen LogP contribution in [0.3, 0.4) is 0 Å². The molecule has 1 fully saturated rings. The molecule has 0 amide bonds. The maximum atomic E-state index is 10.8. The number of allylic oxidation sites excluding steroid dienone is 1. The third-order valence-electron chi connectivity index (χ3n) is 2.47. The Labute approximate surface area is 84.5 Å². The second-order valence-corrected chi connectivity index (χ2v) is 3.89. The van der Waals surface area contributed by atoms with E-state index in [1.54, 1.807) is 13.0 Å². The van der Waals surface area contributed by atoms with Gasteiger partial charge in [-0.25, -0.2) is 0 Å². The molecular formula is C13H14O. The summed E-state index contributed by atoms with van der Waals surface area (Å²) in [6.07, 6.45) is 6.14. The van der Waals surface area contributed by atoms with Crippen molar-refractivity contribution in [3.05, 3.63) is 41.5 Å². The molecule has 0 atom stereocenters. The van der Waals surface area contributed by atoms with Crippen LogP contribution in [0.4, 0.5) is 0 Å². The summed E-state index contributed by atoms with van der Waals surface area (Å²) in [6.45, 7) is 1.57. The monoisotopic (exact) mass is 186 g/mol. The molecule has 0 radical (unpaired) electrons. The van der Waals surface area contributed by atoms with E-state index in [1.807, 2.05) is 12.1 Å². The van der Waals surface area contributed by atoms with E-state index in [0.29, 0.717) is 0 Å². The summed E-state index contributed by atoms with van der Waals surface area (Å²) in [5.41, 5.74) is 2.54. The van der Waals surface area contributed by atoms with Crippen LogP contribution in [-0.4, -0.2) is 5.78 Å². The van der Waals surface area contributed by atoms with E-state index in [4.69, 9.17) is 0 Å². The van der Waals surface area contributed by atoms with Gasteiger partial charge in [-0.15, -0.1) is 0 Å². The summed E-state index contributed by atoms with van der Waals surface area (Å²) in [4.78, 5) is 10.8. The molecule has 1 aromatic rings.